The van der Waals surface area contributed by atoms with Crippen LogP contribution in [0.1, 0.15) is 12.5 Å². The Morgan fingerprint density at radius 2 is 1.84 bits per heavy atom. The molecule has 0 radical (unpaired) electrons. The van der Waals surface area contributed by atoms with Crippen molar-refractivity contribution >= 4 is 33.4 Å². The highest BCUT2D eigenvalue weighted by molar-refractivity contribution is 9.10. The van der Waals surface area contributed by atoms with Gasteiger partial charge < -0.3 is 15.5 Å². The molecule has 1 aliphatic rings. The lowest BCUT2D eigenvalue weighted by Crippen LogP contribution is -2.53. The van der Waals surface area contributed by atoms with Gasteiger partial charge in [0, 0.05) is 23.2 Å². The van der Waals surface area contributed by atoms with E-state index in [1.165, 1.54) is 0 Å². The van der Waals surface area contributed by atoms with E-state index >= 15 is 0 Å². The summed E-state index contributed by atoms with van der Waals surface area (Å²) in [6.45, 7) is 3.13. The molecular weight excluding hydrogens is 310 g/mol. The molecule has 0 atom stereocenters. The molecule has 1 aromatic rings. The van der Waals surface area contributed by atoms with Crippen molar-refractivity contribution in [2.45, 2.75) is 13.5 Å². The van der Waals surface area contributed by atoms with Gasteiger partial charge in [-0.3, -0.25) is 9.59 Å². The summed E-state index contributed by atoms with van der Waals surface area (Å²) < 4.78 is 0.785. The summed E-state index contributed by atoms with van der Waals surface area (Å²) in [6.07, 6.45) is 0. The normalized spacial score (nSPS) is 16.1. The molecule has 1 saturated heterocycles. The van der Waals surface area contributed by atoms with E-state index in [1.807, 2.05) is 19.1 Å². The van der Waals surface area contributed by atoms with Crippen molar-refractivity contribution in [3.05, 3.63) is 28.2 Å². The number of carbonyl (C=O) groups excluding carboxylic acids is 2. The fourth-order valence-electron chi connectivity index (χ4n) is 2.06. The topological polar surface area (TPSA) is 66.6 Å². The minimum absolute atomic E-state index is 0.0119. The Morgan fingerprint density at radius 1 is 1.21 bits per heavy atom. The van der Waals surface area contributed by atoms with E-state index in [-0.39, 0.29) is 24.9 Å². The number of rotatable bonds is 3. The molecule has 2 rings (SSSR count). The van der Waals surface area contributed by atoms with Crippen LogP contribution in [0, 0.1) is 0 Å². The summed E-state index contributed by atoms with van der Waals surface area (Å²) in [5.41, 5.74) is 7.34. The Labute approximate surface area is 120 Å². The van der Waals surface area contributed by atoms with Gasteiger partial charge in [0.2, 0.25) is 11.8 Å². The molecule has 0 spiro atoms. The Bertz CT molecular complexity index is 519. The van der Waals surface area contributed by atoms with E-state index in [0.29, 0.717) is 18.8 Å². The lowest BCUT2D eigenvalue weighted by molar-refractivity contribution is -0.150. The molecule has 1 aromatic carbocycles. The van der Waals surface area contributed by atoms with E-state index in [2.05, 4.69) is 15.9 Å². The van der Waals surface area contributed by atoms with Crippen LogP contribution >= 0.6 is 15.9 Å². The number of likely N-dealkylation sites (N-methyl/N-ethyl adjacent to an activating group) is 1. The molecule has 1 fully saturated rings. The molecule has 1 aliphatic heterocycles. The summed E-state index contributed by atoms with van der Waals surface area (Å²) in [5.74, 6) is -0.0436. The molecule has 0 saturated carbocycles. The van der Waals surface area contributed by atoms with Crippen LogP contribution in [0.4, 0.5) is 5.69 Å². The molecule has 0 bridgehead atoms. The predicted molar refractivity (Wildman–Crippen MR) is 76.2 cm³/mol. The minimum Gasteiger partial charge on any atom is -0.398 e. The maximum absolute atomic E-state index is 12.0. The highest BCUT2D eigenvalue weighted by Gasteiger charge is 2.29. The number of nitrogens with zero attached hydrogens (tertiary/aromatic N) is 2. The lowest BCUT2D eigenvalue weighted by Gasteiger charge is -2.33. The van der Waals surface area contributed by atoms with Gasteiger partial charge in [0.25, 0.3) is 0 Å². The van der Waals surface area contributed by atoms with E-state index in [1.54, 1.807) is 15.9 Å². The van der Waals surface area contributed by atoms with Crippen LogP contribution in [0.5, 0.6) is 0 Å². The molecule has 5 nitrogen and oxygen atoms in total. The quantitative estimate of drug-likeness (QED) is 0.850. The first-order chi connectivity index (χ1) is 9.02. The van der Waals surface area contributed by atoms with E-state index in [9.17, 15) is 9.59 Å². The van der Waals surface area contributed by atoms with Gasteiger partial charge in [0.05, 0.1) is 6.54 Å². The van der Waals surface area contributed by atoms with Crippen molar-refractivity contribution in [3.8, 4) is 0 Å². The predicted octanol–water partition coefficient (Wildman–Crippen LogP) is 1.22. The van der Waals surface area contributed by atoms with Crippen molar-refractivity contribution in [2.24, 2.45) is 0 Å². The zero-order valence-electron chi connectivity index (χ0n) is 10.7. The largest absolute Gasteiger partial charge is 0.398 e. The van der Waals surface area contributed by atoms with Crippen molar-refractivity contribution < 1.29 is 9.59 Å². The third-order valence-electron chi connectivity index (χ3n) is 3.21. The molecule has 2 amide bonds. The third-order valence-corrected chi connectivity index (χ3v) is 4.18. The number of halogens is 1. The van der Waals surface area contributed by atoms with Crippen LogP contribution in [-0.4, -0.2) is 41.2 Å². The van der Waals surface area contributed by atoms with Gasteiger partial charge in [0.15, 0.2) is 0 Å². The first-order valence-corrected chi connectivity index (χ1v) is 6.90. The number of hydrogen-bond acceptors (Lipinski definition) is 3. The summed E-state index contributed by atoms with van der Waals surface area (Å²) >= 11 is 3.41. The highest BCUT2D eigenvalue weighted by Crippen LogP contribution is 2.25. The van der Waals surface area contributed by atoms with Gasteiger partial charge in [-0.25, -0.2) is 0 Å². The minimum atomic E-state index is -0.0317. The van der Waals surface area contributed by atoms with E-state index in [4.69, 9.17) is 5.73 Å². The highest BCUT2D eigenvalue weighted by atomic mass is 79.9. The summed E-state index contributed by atoms with van der Waals surface area (Å²) in [5, 5.41) is 0. The summed E-state index contributed by atoms with van der Waals surface area (Å²) in [4.78, 5) is 26.9. The zero-order valence-corrected chi connectivity index (χ0v) is 12.3. The van der Waals surface area contributed by atoms with Crippen LogP contribution in [0.2, 0.25) is 0 Å². The summed E-state index contributed by atoms with van der Waals surface area (Å²) in [6, 6.07) is 5.52. The molecule has 6 heteroatoms. The number of carbonyl (C=O) groups is 2. The van der Waals surface area contributed by atoms with Gasteiger partial charge in [-0.15, -0.1) is 0 Å². The SMILES string of the molecule is CCN1CC(=O)N(Cc2cccc(N)c2Br)CC1=O. The second-order valence-corrected chi connectivity index (χ2v) is 5.27. The van der Waals surface area contributed by atoms with Crippen molar-refractivity contribution in [3.63, 3.8) is 0 Å². The Hall–Kier alpha value is -1.56. The van der Waals surface area contributed by atoms with Crippen molar-refractivity contribution in [2.75, 3.05) is 25.4 Å². The number of anilines is 1. The van der Waals surface area contributed by atoms with Crippen molar-refractivity contribution in [1.29, 1.82) is 0 Å². The van der Waals surface area contributed by atoms with Gasteiger partial charge >= 0.3 is 0 Å². The van der Waals surface area contributed by atoms with Crippen LogP contribution in [0.25, 0.3) is 0 Å². The van der Waals surface area contributed by atoms with Crippen LogP contribution in [0.15, 0.2) is 22.7 Å². The van der Waals surface area contributed by atoms with Gasteiger partial charge in [-0.2, -0.15) is 0 Å². The van der Waals surface area contributed by atoms with Gasteiger partial charge in [-0.05, 0) is 34.5 Å². The second kappa shape index (κ2) is 5.61. The second-order valence-electron chi connectivity index (χ2n) is 4.48. The average molecular weight is 326 g/mol. The van der Waals surface area contributed by atoms with Gasteiger partial charge in [0.1, 0.15) is 6.54 Å². The fraction of sp³-hybridized carbons (Fsp3) is 0.385. The molecule has 19 heavy (non-hydrogen) atoms. The third kappa shape index (κ3) is 2.89. The molecular formula is C13H16BrN3O2. The van der Waals surface area contributed by atoms with Crippen molar-refractivity contribution in [1.82, 2.24) is 9.80 Å². The lowest BCUT2D eigenvalue weighted by atomic mass is 10.1. The van der Waals surface area contributed by atoms with E-state index < -0.39 is 0 Å². The smallest absolute Gasteiger partial charge is 0.242 e. The molecule has 0 aromatic heterocycles. The Kier molecular flexibility index (Phi) is 4.09. The number of nitrogens with two attached hydrogens (primary N) is 1. The first-order valence-electron chi connectivity index (χ1n) is 6.11. The standard InChI is InChI=1S/C13H16BrN3O2/c1-2-16-7-12(19)17(8-11(16)18)6-9-4-3-5-10(15)13(9)14/h3-5H,2,6-8,15H2,1H3. The number of hydrogen-bond donors (Lipinski definition) is 1. The maximum atomic E-state index is 12.0. The number of nitrogen functional groups attached to an aromatic ring is 1. The number of piperazine rings is 1. The first kappa shape index (κ1) is 13.9. The fourth-order valence-corrected chi connectivity index (χ4v) is 2.45. The number of benzene rings is 1. The number of amides is 2. The molecule has 2 N–H and O–H groups in total. The van der Waals surface area contributed by atoms with E-state index in [0.717, 1.165) is 10.0 Å². The zero-order chi connectivity index (χ0) is 14.0. The molecule has 1 heterocycles. The maximum Gasteiger partial charge on any atom is 0.242 e. The molecule has 0 unspecified atom stereocenters. The Balaban J connectivity index is 2.13. The molecule has 0 aliphatic carbocycles. The van der Waals surface area contributed by atoms with Gasteiger partial charge in [-0.1, -0.05) is 12.1 Å². The monoisotopic (exact) mass is 325 g/mol. The Morgan fingerprint density at radius 3 is 2.53 bits per heavy atom. The van der Waals surface area contributed by atoms with Crippen LogP contribution in [-0.2, 0) is 16.1 Å². The van der Waals surface area contributed by atoms with Crippen LogP contribution < -0.4 is 5.73 Å². The average Bonchev–Trinajstić information content (AvgIpc) is 2.38. The summed E-state index contributed by atoms with van der Waals surface area (Å²) in [7, 11) is 0. The molecule has 102 valence electrons. The van der Waals surface area contributed by atoms with Crippen LogP contribution in [0.3, 0.4) is 0 Å².